The van der Waals surface area contributed by atoms with Crippen LogP contribution < -0.4 is 10.6 Å². The molecule has 1 aliphatic heterocycles. The second kappa shape index (κ2) is 5.59. The Kier molecular flexibility index (Phi) is 3.79. The van der Waals surface area contributed by atoms with E-state index in [0.29, 0.717) is 5.69 Å². The molecule has 1 aromatic rings. The summed E-state index contributed by atoms with van der Waals surface area (Å²) in [6.07, 6.45) is 4.58. The minimum atomic E-state index is -0.670. The summed E-state index contributed by atoms with van der Waals surface area (Å²) in [6, 6.07) is -0.308. The normalized spacial score (nSPS) is 20.9. The number of aromatic nitrogens is 2. The van der Waals surface area contributed by atoms with E-state index in [1.54, 1.807) is 0 Å². The molecule has 21 heavy (non-hydrogen) atoms. The zero-order valence-corrected chi connectivity index (χ0v) is 12.8. The minimum absolute atomic E-state index is 0.109. The molecule has 2 heterocycles. The number of imide groups is 1. The van der Waals surface area contributed by atoms with Crippen molar-refractivity contribution in [3.8, 4) is 0 Å². The average molecular weight is 309 g/mol. The van der Waals surface area contributed by atoms with Gasteiger partial charge in [0.2, 0.25) is 0 Å². The van der Waals surface area contributed by atoms with E-state index in [1.165, 1.54) is 16.4 Å². The number of rotatable bonds is 4. The molecule has 1 saturated heterocycles. The Balaban J connectivity index is 1.78. The zero-order chi connectivity index (χ0) is 14.9. The van der Waals surface area contributed by atoms with Gasteiger partial charge in [-0.25, -0.2) is 4.79 Å². The lowest BCUT2D eigenvalue weighted by atomic mass is 9.82. The monoisotopic (exact) mass is 309 g/mol. The van der Waals surface area contributed by atoms with Crippen molar-refractivity contribution >= 4 is 28.5 Å². The number of amides is 3. The third kappa shape index (κ3) is 2.48. The van der Waals surface area contributed by atoms with Crippen LogP contribution in [-0.4, -0.2) is 38.5 Å². The number of nitrogens with zero attached hydrogens (tertiary/aromatic N) is 3. The molecule has 1 saturated carbocycles. The predicted molar refractivity (Wildman–Crippen MR) is 79.0 cm³/mol. The Hall–Kier alpha value is -1.70. The van der Waals surface area contributed by atoms with Crippen LogP contribution in [0.2, 0.25) is 0 Å². The second-order valence-corrected chi connectivity index (χ2v) is 6.30. The highest BCUT2D eigenvalue weighted by molar-refractivity contribution is 7.10. The largest absolute Gasteiger partial charge is 0.374 e. The van der Waals surface area contributed by atoms with Gasteiger partial charge in [0, 0.05) is 18.1 Å². The van der Waals surface area contributed by atoms with Gasteiger partial charge < -0.3 is 10.6 Å². The number of hydrogen-bond donors (Lipinski definition) is 2. The molecule has 0 bridgehead atoms. The van der Waals surface area contributed by atoms with Gasteiger partial charge in [0.05, 0.1) is 6.54 Å². The van der Waals surface area contributed by atoms with Crippen LogP contribution in [0.3, 0.4) is 0 Å². The van der Waals surface area contributed by atoms with Crippen molar-refractivity contribution in [1.82, 2.24) is 19.8 Å². The van der Waals surface area contributed by atoms with Gasteiger partial charge >= 0.3 is 6.03 Å². The van der Waals surface area contributed by atoms with E-state index in [4.69, 9.17) is 0 Å². The summed E-state index contributed by atoms with van der Waals surface area (Å²) in [5, 5.41) is 10.9. The molecule has 8 heteroatoms. The summed E-state index contributed by atoms with van der Waals surface area (Å²) in [5.74, 6) is -0.109. The van der Waals surface area contributed by atoms with Crippen molar-refractivity contribution in [1.29, 1.82) is 0 Å². The highest BCUT2D eigenvalue weighted by Crippen LogP contribution is 2.34. The molecule has 1 spiro atoms. The van der Waals surface area contributed by atoms with Crippen molar-refractivity contribution < 1.29 is 9.59 Å². The van der Waals surface area contributed by atoms with E-state index in [-0.39, 0.29) is 18.5 Å². The van der Waals surface area contributed by atoms with Crippen LogP contribution in [-0.2, 0) is 11.3 Å². The first kappa shape index (κ1) is 14.2. The van der Waals surface area contributed by atoms with E-state index in [9.17, 15) is 9.59 Å². The number of carbonyl (C=O) groups excluding carboxylic acids is 2. The Bertz CT molecular complexity index is 553. The summed E-state index contributed by atoms with van der Waals surface area (Å²) in [5.41, 5.74) is -0.0184. The zero-order valence-electron chi connectivity index (χ0n) is 12.0. The number of carbonyl (C=O) groups is 2. The topological polar surface area (TPSA) is 87.2 Å². The fourth-order valence-electron chi connectivity index (χ4n) is 3.07. The van der Waals surface area contributed by atoms with Gasteiger partial charge in [-0.15, -0.1) is 5.10 Å². The number of nitrogens with one attached hydrogen (secondary N) is 2. The predicted octanol–water partition coefficient (Wildman–Crippen LogP) is 1.72. The van der Waals surface area contributed by atoms with E-state index in [2.05, 4.69) is 20.2 Å². The lowest BCUT2D eigenvalue weighted by Crippen LogP contribution is -2.48. The third-order valence-electron chi connectivity index (χ3n) is 4.15. The van der Waals surface area contributed by atoms with Crippen LogP contribution in [0.4, 0.5) is 9.80 Å². The Morgan fingerprint density at radius 1 is 1.33 bits per heavy atom. The van der Waals surface area contributed by atoms with Crippen molar-refractivity contribution in [2.75, 3.05) is 11.9 Å². The van der Waals surface area contributed by atoms with Crippen molar-refractivity contribution in [3.63, 3.8) is 0 Å². The molecule has 1 aliphatic carbocycles. The lowest BCUT2D eigenvalue weighted by Gasteiger charge is -2.30. The smallest absolute Gasteiger partial charge is 0.325 e. The molecule has 2 aliphatic rings. The van der Waals surface area contributed by atoms with E-state index >= 15 is 0 Å². The SMILES string of the molecule is CCNc1snnc1CN1C(=O)NC2(CCCCC2)C1=O. The first-order chi connectivity index (χ1) is 10.2. The number of hydrogen-bond acceptors (Lipinski definition) is 6. The average Bonchev–Trinajstić information content (AvgIpc) is 3.00. The van der Waals surface area contributed by atoms with E-state index < -0.39 is 5.54 Å². The minimum Gasteiger partial charge on any atom is -0.374 e. The maximum Gasteiger partial charge on any atom is 0.325 e. The Morgan fingerprint density at radius 2 is 2.10 bits per heavy atom. The molecule has 3 rings (SSSR count). The summed E-state index contributed by atoms with van der Waals surface area (Å²) in [6.45, 7) is 2.92. The maximum atomic E-state index is 12.7. The fraction of sp³-hybridized carbons (Fsp3) is 0.692. The van der Waals surface area contributed by atoms with Crippen molar-refractivity contribution in [2.45, 2.75) is 51.1 Å². The second-order valence-electron chi connectivity index (χ2n) is 5.54. The van der Waals surface area contributed by atoms with Crippen molar-refractivity contribution in [3.05, 3.63) is 5.69 Å². The maximum absolute atomic E-state index is 12.7. The molecule has 0 aromatic carbocycles. The molecule has 7 nitrogen and oxygen atoms in total. The molecular formula is C13H19N5O2S. The first-order valence-corrected chi connectivity index (χ1v) is 8.13. The van der Waals surface area contributed by atoms with Gasteiger partial charge in [0.1, 0.15) is 16.2 Å². The summed E-state index contributed by atoms with van der Waals surface area (Å²) in [7, 11) is 0. The fourth-order valence-corrected chi connectivity index (χ4v) is 3.71. The van der Waals surface area contributed by atoms with Crippen LogP contribution in [0, 0.1) is 0 Å². The summed E-state index contributed by atoms with van der Waals surface area (Å²) in [4.78, 5) is 26.1. The standard InChI is InChI=1S/C13H19N5O2S/c1-2-14-10-9(16-17-21-10)8-18-11(19)13(15-12(18)20)6-4-3-5-7-13/h14H,2-8H2,1H3,(H,15,20). The number of anilines is 1. The van der Waals surface area contributed by atoms with Gasteiger partial charge in [-0.3, -0.25) is 9.69 Å². The molecule has 0 atom stereocenters. The van der Waals surface area contributed by atoms with Gasteiger partial charge in [-0.1, -0.05) is 23.8 Å². The summed E-state index contributed by atoms with van der Waals surface area (Å²) < 4.78 is 3.90. The Morgan fingerprint density at radius 3 is 2.81 bits per heavy atom. The van der Waals surface area contributed by atoms with Gasteiger partial charge in [0.25, 0.3) is 5.91 Å². The van der Waals surface area contributed by atoms with Crippen LogP contribution >= 0.6 is 11.5 Å². The van der Waals surface area contributed by atoms with Crippen LogP contribution in [0.25, 0.3) is 0 Å². The quantitative estimate of drug-likeness (QED) is 0.827. The van der Waals surface area contributed by atoms with Gasteiger partial charge in [0.15, 0.2) is 0 Å². The molecule has 2 fully saturated rings. The first-order valence-electron chi connectivity index (χ1n) is 7.35. The molecule has 1 aromatic heterocycles. The van der Waals surface area contributed by atoms with Crippen molar-refractivity contribution in [2.24, 2.45) is 0 Å². The molecule has 0 unspecified atom stereocenters. The Labute approximate surface area is 127 Å². The van der Waals surface area contributed by atoms with E-state index in [1.807, 2.05) is 6.92 Å². The highest BCUT2D eigenvalue weighted by atomic mass is 32.1. The molecule has 3 amide bonds. The lowest BCUT2D eigenvalue weighted by molar-refractivity contribution is -0.132. The summed E-state index contributed by atoms with van der Waals surface area (Å²) >= 11 is 1.25. The molecule has 2 N–H and O–H groups in total. The van der Waals surface area contributed by atoms with Gasteiger partial charge in [-0.05, 0) is 19.8 Å². The number of urea groups is 1. The van der Waals surface area contributed by atoms with Crippen LogP contribution in [0.15, 0.2) is 0 Å². The van der Waals surface area contributed by atoms with Crippen LogP contribution in [0.5, 0.6) is 0 Å². The third-order valence-corrected chi connectivity index (χ3v) is 4.88. The molecule has 114 valence electrons. The molecule has 0 radical (unpaired) electrons. The van der Waals surface area contributed by atoms with Crippen LogP contribution in [0.1, 0.15) is 44.7 Å². The highest BCUT2D eigenvalue weighted by Gasteiger charge is 2.51. The van der Waals surface area contributed by atoms with Gasteiger partial charge in [-0.2, -0.15) is 0 Å². The van der Waals surface area contributed by atoms with E-state index in [0.717, 1.165) is 43.6 Å². The molecular weight excluding hydrogens is 290 g/mol.